The van der Waals surface area contributed by atoms with Gasteiger partial charge in [0, 0.05) is 19.5 Å². The third-order valence-electron chi connectivity index (χ3n) is 3.60. The van der Waals surface area contributed by atoms with Crippen molar-refractivity contribution in [2.75, 3.05) is 19.6 Å². The Morgan fingerprint density at radius 1 is 1.25 bits per heavy atom. The van der Waals surface area contributed by atoms with E-state index in [0.717, 1.165) is 17.9 Å². The van der Waals surface area contributed by atoms with Crippen LogP contribution in [0.1, 0.15) is 44.2 Å². The normalized spacial score (nSPS) is 12.4. The number of hydrogen-bond donors (Lipinski definition) is 3. The predicted octanol–water partition coefficient (Wildman–Crippen LogP) is 2.61. The van der Waals surface area contributed by atoms with Gasteiger partial charge in [0.2, 0.25) is 5.89 Å². The van der Waals surface area contributed by atoms with Crippen LogP contribution >= 0.6 is 24.0 Å². The van der Waals surface area contributed by atoms with Gasteiger partial charge in [-0.05, 0) is 45.4 Å². The Kier molecular flexibility index (Phi) is 10.8. The predicted molar refractivity (Wildman–Crippen MR) is 119 cm³/mol. The molecule has 0 saturated heterocycles. The standard InChI is InChI=1S/C19H29N5O3.HI/c1-5-20-19(21-11-10-18-23-14(4)24-27-18)22-12-17(25)15-6-8-16(9-7-15)26-13(2)3;/h6-9,13,17,25H,5,10-12H2,1-4H3,(H2,20,21,22);1H. The summed E-state index contributed by atoms with van der Waals surface area (Å²) >= 11 is 0. The van der Waals surface area contributed by atoms with Gasteiger partial charge in [-0.15, -0.1) is 24.0 Å². The summed E-state index contributed by atoms with van der Waals surface area (Å²) < 4.78 is 10.7. The van der Waals surface area contributed by atoms with Crippen molar-refractivity contribution in [1.82, 2.24) is 20.8 Å². The monoisotopic (exact) mass is 503 g/mol. The second-order valence-corrected chi connectivity index (χ2v) is 6.38. The molecule has 1 aromatic heterocycles. The molecule has 0 fully saturated rings. The van der Waals surface area contributed by atoms with E-state index >= 15 is 0 Å². The van der Waals surface area contributed by atoms with Gasteiger partial charge in [-0.3, -0.25) is 4.99 Å². The first-order valence-electron chi connectivity index (χ1n) is 9.24. The van der Waals surface area contributed by atoms with E-state index in [1.54, 1.807) is 6.92 Å². The lowest BCUT2D eigenvalue weighted by Gasteiger charge is -2.14. The number of guanidine groups is 1. The Hall–Kier alpha value is -1.88. The van der Waals surface area contributed by atoms with Gasteiger partial charge in [-0.1, -0.05) is 17.3 Å². The van der Waals surface area contributed by atoms with Gasteiger partial charge in [0.25, 0.3) is 0 Å². The molecule has 0 aliphatic rings. The lowest BCUT2D eigenvalue weighted by molar-refractivity contribution is 0.186. The highest BCUT2D eigenvalue weighted by Gasteiger charge is 2.09. The third-order valence-corrected chi connectivity index (χ3v) is 3.60. The first-order valence-corrected chi connectivity index (χ1v) is 9.24. The van der Waals surface area contributed by atoms with Crippen LogP contribution < -0.4 is 15.4 Å². The quantitative estimate of drug-likeness (QED) is 0.275. The number of rotatable bonds is 9. The second-order valence-electron chi connectivity index (χ2n) is 6.38. The fourth-order valence-corrected chi connectivity index (χ4v) is 2.40. The van der Waals surface area contributed by atoms with Gasteiger partial charge in [-0.25, -0.2) is 0 Å². The van der Waals surface area contributed by atoms with Crippen molar-refractivity contribution in [2.24, 2.45) is 4.99 Å². The number of aliphatic imine (C=N–C) groups is 1. The second kappa shape index (κ2) is 12.6. The number of hydrogen-bond acceptors (Lipinski definition) is 6. The number of benzene rings is 1. The molecule has 8 nitrogen and oxygen atoms in total. The summed E-state index contributed by atoms with van der Waals surface area (Å²) in [7, 11) is 0. The Labute approximate surface area is 183 Å². The van der Waals surface area contributed by atoms with Crippen molar-refractivity contribution in [2.45, 2.75) is 46.3 Å². The van der Waals surface area contributed by atoms with Crippen molar-refractivity contribution >= 4 is 29.9 Å². The van der Waals surface area contributed by atoms with Gasteiger partial charge in [0.1, 0.15) is 5.75 Å². The molecule has 1 unspecified atom stereocenters. The van der Waals surface area contributed by atoms with Crippen LogP contribution in [0.4, 0.5) is 0 Å². The van der Waals surface area contributed by atoms with Crippen LogP contribution in [0.25, 0.3) is 0 Å². The number of nitrogens with zero attached hydrogens (tertiary/aromatic N) is 3. The average Bonchev–Trinajstić information content (AvgIpc) is 3.04. The van der Waals surface area contributed by atoms with E-state index in [0.29, 0.717) is 30.6 Å². The number of aliphatic hydroxyl groups is 1. The molecule has 2 rings (SSSR count). The maximum Gasteiger partial charge on any atom is 0.228 e. The molecule has 0 amide bonds. The van der Waals surface area contributed by atoms with E-state index in [1.807, 2.05) is 45.0 Å². The van der Waals surface area contributed by atoms with Gasteiger partial charge in [0.05, 0.1) is 18.8 Å². The van der Waals surface area contributed by atoms with Crippen LogP contribution in [-0.2, 0) is 6.42 Å². The summed E-state index contributed by atoms with van der Waals surface area (Å²) in [4.78, 5) is 8.61. The molecule has 0 aliphatic carbocycles. The fourth-order valence-electron chi connectivity index (χ4n) is 2.40. The maximum atomic E-state index is 10.4. The summed E-state index contributed by atoms with van der Waals surface area (Å²) in [6.07, 6.45) is 0.0350. The molecule has 2 aromatic rings. The van der Waals surface area contributed by atoms with Crippen LogP contribution in [0, 0.1) is 6.92 Å². The smallest absolute Gasteiger partial charge is 0.228 e. The molecule has 1 heterocycles. The summed E-state index contributed by atoms with van der Waals surface area (Å²) in [6, 6.07) is 7.43. The van der Waals surface area contributed by atoms with E-state index < -0.39 is 6.10 Å². The minimum atomic E-state index is -0.688. The lowest BCUT2D eigenvalue weighted by Crippen LogP contribution is -2.38. The average molecular weight is 503 g/mol. The highest BCUT2D eigenvalue weighted by atomic mass is 127. The minimum absolute atomic E-state index is 0. The molecule has 156 valence electrons. The van der Waals surface area contributed by atoms with E-state index in [4.69, 9.17) is 9.26 Å². The largest absolute Gasteiger partial charge is 0.491 e. The lowest BCUT2D eigenvalue weighted by atomic mass is 10.1. The Balaban J connectivity index is 0.00000392. The van der Waals surface area contributed by atoms with Crippen molar-refractivity contribution < 1.29 is 14.4 Å². The Bertz CT molecular complexity index is 719. The van der Waals surface area contributed by atoms with E-state index in [9.17, 15) is 5.11 Å². The Morgan fingerprint density at radius 3 is 2.54 bits per heavy atom. The molecule has 1 aromatic carbocycles. The van der Waals surface area contributed by atoms with Gasteiger partial charge >= 0.3 is 0 Å². The van der Waals surface area contributed by atoms with Crippen LogP contribution in [0.2, 0.25) is 0 Å². The van der Waals surface area contributed by atoms with E-state index in [2.05, 4.69) is 25.8 Å². The zero-order chi connectivity index (χ0) is 19.6. The highest BCUT2D eigenvalue weighted by molar-refractivity contribution is 14.0. The van der Waals surface area contributed by atoms with Gasteiger partial charge < -0.3 is 25.0 Å². The molecule has 3 N–H and O–H groups in total. The zero-order valence-corrected chi connectivity index (χ0v) is 19.1. The number of halogens is 1. The topological polar surface area (TPSA) is 105 Å². The molecular formula is C19H30IN5O3. The van der Waals surface area contributed by atoms with Crippen LogP contribution in [-0.4, -0.2) is 46.9 Å². The van der Waals surface area contributed by atoms with Crippen LogP contribution in [0.3, 0.4) is 0 Å². The highest BCUT2D eigenvalue weighted by Crippen LogP contribution is 2.19. The zero-order valence-electron chi connectivity index (χ0n) is 16.8. The summed E-state index contributed by atoms with van der Waals surface area (Å²) in [5.41, 5.74) is 0.798. The van der Waals surface area contributed by atoms with Gasteiger partial charge in [-0.2, -0.15) is 4.98 Å². The maximum absolute atomic E-state index is 10.4. The molecule has 0 aliphatic heterocycles. The SMILES string of the molecule is CCNC(=NCC(O)c1ccc(OC(C)C)cc1)NCCc1nc(C)no1.I. The molecule has 0 saturated carbocycles. The van der Waals surface area contributed by atoms with Crippen molar-refractivity contribution in [1.29, 1.82) is 0 Å². The molecule has 0 radical (unpaired) electrons. The van der Waals surface area contributed by atoms with Crippen molar-refractivity contribution in [3.05, 3.63) is 41.5 Å². The first-order chi connectivity index (χ1) is 13.0. The van der Waals surface area contributed by atoms with Gasteiger partial charge in [0.15, 0.2) is 11.8 Å². The van der Waals surface area contributed by atoms with Crippen LogP contribution in [0.15, 0.2) is 33.8 Å². The summed E-state index contributed by atoms with van der Waals surface area (Å²) in [5, 5.41) is 20.5. The number of aromatic nitrogens is 2. The molecule has 0 spiro atoms. The first kappa shape index (κ1) is 24.2. The van der Waals surface area contributed by atoms with E-state index in [1.165, 1.54) is 0 Å². The molecular weight excluding hydrogens is 473 g/mol. The Morgan fingerprint density at radius 2 is 1.96 bits per heavy atom. The number of ether oxygens (including phenoxy) is 1. The molecule has 9 heteroatoms. The summed E-state index contributed by atoms with van der Waals surface area (Å²) in [6.45, 7) is 9.31. The summed E-state index contributed by atoms with van der Waals surface area (Å²) in [5.74, 6) is 2.63. The molecule has 0 bridgehead atoms. The minimum Gasteiger partial charge on any atom is -0.491 e. The number of aliphatic hydroxyl groups excluding tert-OH is 1. The molecule has 28 heavy (non-hydrogen) atoms. The number of aryl methyl sites for hydroxylation is 1. The third kappa shape index (κ3) is 8.42. The van der Waals surface area contributed by atoms with Crippen molar-refractivity contribution in [3.8, 4) is 5.75 Å². The number of nitrogens with one attached hydrogen (secondary N) is 2. The molecule has 1 atom stereocenters. The fraction of sp³-hybridized carbons (Fsp3) is 0.526. The van der Waals surface area contributed by atoms with Crippen LogP contribution in [0.5, 0.6) is 5.75 Å². The van der Waals surface area contributed by atoms with E-state index in [-0.39, 0.29) is 36.6 Å². The van der Waals surface area contributed by atoms with Crippen molar-refractivity contribution in [3.63, 3.8) is 0 Å².